The minimum atomic E-state index is 0.878. The third kappa shape index (κ3) is 8.55. The normalized spacial score (nSPS) is 9.32. The fraction of sp³-hybridized carbons (Fsp3) is 0.120. The summed E-state index contributed by atoms with van der Waals surface area (Å²) in [6.45, 7) is 0. The molecule has 5 rings (SSSR count). The Morgan fingerprint density at radius 1 is 0.706 bits per heavy atom. The fourth-order valence-corrected chi connectivity index (χ4v) is 2.72. The van der Waals surface area contributed by atoms with Crippen LogP contribution in [-0.2, 0) is 31.7 Å². The quantitative estimate of drug-likeness (QED) is 0.253. The summed E-state index contributed by atoms with van der Waals surface area (Å²) in [6, 6.07) is 21.8. The Balaban J connectivity index is 0.000000177. The molecule has 5 aromatic rings. The number of aryl methyl sites for hydroxylation is 2. The Labute approximate surface area is 214 Å². The van der Waals surface area contributed by atoms with Gasteiger partial charge < -0.3 is 13.9 Å². The van der Waals surface area contributed by atoms with Crippen molar-refractivity contribution in [3.05, 3.63) is 104 Å². The van der Waals surface area contributed by atoms with E-state index >= 15 is 0 Å². The molecule has 0 spiro atoms. The van der Waals surface area contributed by atoms with Gasteiger partial charge in [-0.15, -0.1) is 12.1 Å². The molecule has 0 radical (unpaired) electrons. The van der Waals surface area contributed by atoms with Crippen molar-refractivity contribution in [3.63, 3.8) is 0 Å². The number of nitrogens with zero attached hydrogens (tertiary/aromatic N) is 6. The van der Waals surface area contributed by atoms with E-state index in [1.165, 1.54) is 17.6 Å². The molecule has 34 heavy (non-hydrogen) atoms. The topological polar surface area (TPSA) is 70.7 Å². The molecule has 0 bridgehead atoms. The van der Waals surface area contributed by atoms with Gasteiger partial charge in [0.05, 0.1) is 7.11 Å². The van der Waals surface area contributed by atoms with E-state index in [2.05, 4.69) is 35.6 Å². The summed E-state index contributed by atoms with van der Waals surface area (Å²) in [5.74, 6) is 2.68. The van der Waals surface area contributed by atoms with Gasteiger partial charge in [-0.05, 0) is 24.3 Å². The molecule has 0 aliphatic heterocycles. The van der Waals surface area contributed by atoms with Crippen LogP contribution in [0.3, 0.4) is 0 Å². The van der Waals surface area contributed by atoms with Crippen molar-refractivity contribution >= 4 is 9.64 Å². The van der Waals surface area contributed by atoms with Crippen LogP contribution in [0.5, 0.6) is 5.75 Å². The molecule has 0 amide bonds. The Hall–Kier alpha value is -3.33. The predicted molar refractivity (Wildman–Crippen MR) is 131 cm³/mol. The van der Waals surface area contributed by atoms with E-state index in [4.69, 9.17) is 4.74 Å². The average Bonchev–Trinajstić information content (AvgIpc) is 3.55. The Bertz CT molecular complexity index is 1110. The fourth-order valence-electron chi connectivity index (χ4n) is 2.72. The Morgan fingerprint density at radius 3 is 1.47 bits per heavy atom. The zero-order valence-corrected chi connectivity index (χ0v) is 22.4. The van der Waals surface area contributed by atoms with E-state index in [0.29, 0.717) is 0 Å². The third-order valence-corrected chi connectivity index (χ3v) is 4.35. The standard InChI is InChI=1S/2C9H9N3.C7H7O.ClH.Os/c2*1-12-7-6-11-9(12)8-4-2-3-5-10-8;1-8-7-5-3-2-4-6-7;;/h2*2-7H,1H3;3-6H,1H3;1H;/q;;-1;;+1/p-1. The van der Waals surface area contributed by atoms with Crippen molar-refractivity contribution in [1.29, 1.82) is 0 Å². The molecule has 4 heterocycles. The van der Waals surface area contributed by atoms with Gasteiger partial charge in [-0.25, -0.2) is 9.97 Å². The molecule has 0 aliphatic carbocycles. The maximum atomic E-state index is 4.89. The van der Waals surface area contributed by atoms with Crippen molar-refractivity contribution in [2.45, 2.75) is 0 Å². The summed E-state index contributed by atoms with van der Waals surface area (Å²) in [6.07, 6.45) is 10.9. The number of benzene rings is 1. The van der Waals surface area contributed by atoms with Crippen LogP contribution in [0.1, 0.15) is 0 Å². The number of aromatic nitrogens is 6. The van der Waals surface area contributed by atoms with Crippen molar-refractivity contribution in [2.75, 3.05) is 7.11 Å². The molecule has 7 nitrogen and oxygen atoms in total. The molecular weight excluding hydrogens is 626 g/mol. The predicted octanol–water partition coefficient (Wildman–Crippen LogP) is 5.15. The van der Waals surface area contributed by atoms with Crippen LogP contribution in [0.25, 0.3) is 23.0 Å². The molecule has 0 saturated carbocycles. The van der Waals surface area contributed by atoms with Crippen LogP contribution in [0, 0.1) is 6.07 Å². The summed E-state index contributed by atoms with van der Waals surface area (Å²) < 4.78 is 8.79. The number of methoxy groups -OCH3 is 1. The van der Waals surface area contributed by atoms with Crippen molar-refractivity contribution < 1.29 is 22.3 Å². The molecule has 0 unspecified atom stereocenters. The van der Waals surface area contributed by atoms with E-state index in [9.17, 15) is 0 Å². The number of hydrogen-bond acceptors (Lipinski definition) is 5. The van der Waals surface area contributed by atoms with Crippen LogP contribution < -0.4 is 4.74 Å². The first-order valence-electron chi connectivity index (χ1n) is 10.1. The molecule has 9 heteroatoms. The summed E-state index contributed by atoms with van der Waals surface area (Å²) >= 11 is 1.33. The molecule has 0 N–H and O–H groups in total. The first-order chi connectivity index (χ1) is 16.7. The van der Waals surface area contributed by atoms with Gasteiger partial charge in [0.1, 0.15) is 11.4 Å². The second-order valence-electron chi connectivity index (χ2n) is 6.59. The summed E-state index contributed by atoms with van der Waals surface area (Å²) in [7, 11) is 10.2. The summed E-state index contributed by atoms with van der Waals surface area (Å²) in [4.78, 5) is 16.8. The molecule has 0 atom stereocenters. The van der Waals surface area contributed by atoms with Gasteiger partial charge >= 0.3 is 27.2 Å². The van der Waals surface area contributed by atoms with Crippen LogP contribution in [-0.4, -0.2) is 36.2 Å². The number of pyridine rings is 2. The SMILES string of the molecule is COc1cc[c-]cc1.Cn1ccnc1-c1ccccn1.Cn1ccnc1-c1ccccn1.[Cl][Os]. The van der Waals surface area contributed by atoms with Gasteiger partial charge in [-0.1, -0.05) is 12.1 Å². The summed E-state index contributed by atoms with van der Waals surface area (Å²) in [5.41, 5.74) is 1.81. The van der Waals surface area contributed by atoms with E-state index in [0.717, 1.165) is 28.8 Å². The summed E-state index contributed by atoms with van der Waals surface area (Å²) in [5, 5.41) is 0. The van der Waals surface area contributed by atoms with E-state index in [-0.39, 0.29) is 0 Å². The minimum absolute atomic E-state index is 0.878. The van der Waals surface area contributed by atoms with Gasteiger partial charge in [0.25, 0.3) is 0 Å². The molecule has 0 fully saturated rings. The van der Waals surface area contributed by atoms with E-state index < -0.39 is 0 Å². The molecule has 0 aliphatic rings. The monoisotopic (exact) mass is 652 g/mol. The zero-order valence-electron chi connectivity index (χ0n) is 19.1. The molecule has 0 saturated heterocycles. The first-order valence-corrected chi connectivity index (χ1v) is 13.2. The second kappa shape index (κ2) is 15.5. The second-order valence-corrected chi connectivity index (χ2v) is 6.59. The number of ether oxygens (including phenoxy) is 1. The average molecular weight is 651 g/mol. The van der Waals surface area contributed by atoms with Crippen LogP contribution >= 0.6 is 9.64 Å². The van der Waals surface area contributed by atoms with Gasteiger partial charge in [0, 0.05) is 57.0 Å². The van der Waals surface area contributed by atoms with Crippen LogP contribution in [0.2, 0.25) is 0 Å². The molecule has 1 aromatic carbocycles. The molecule has 4 aromatic heterocycles. The number of halogens is 1. The zero-order chi connectivity index (χ0) is 24.6. The van der Waals surface area contributed by atoms with Crippen molar-refractivity contribution in [3.8, 4) is 28.8 Å². The Morgan fingerprint density at radius 2 is 1.18 bits per heavy atom. The van der Waals surface area contributed by atoms with E-state index in [1.54, 1.807) is 31.9 Å². The molecule has 177 valence electrons. The van der Waals surface area contributed by atoms with Gasteiger partial charge in [0.2, 0.25) is 0 Å². The van der Waals surface area contributed by atoms with Gasteiger partial charge in [0.15, 0.2) is 11.6 Å². The van der Waals surface area contributed by atoms with Gasteiger partial charge in [-0.3, -0.25) is 9.97 Å². The maximum absolute atomic E-state index is 4.89. The number of hydrogen-bond donors (Lipinski definition) is 0. The van der Waals surface area contributed by atoms with Gasteiger partial charge in [-0.2, -0.15) is 18.2 Å². The van der Waals surface area contributed by atoms with Crippen LogP contribution in [0.4, 0.5) is 0 Å². The Kier molecular flexibility index (Phi) is 12.3. The number of rotatable bonds is 3. The first kappa shape index (κ1) is 26.9. The van der Waals surface area contributed by atoms with Crippen molar-refractivity contribution in [2.24, 2.45) is 14.1 Å². The van der Waals surface area contributed by atoms with Crippen molar-refractivity contribution in [1.82, 2.24) is 29.1 Å². The van der Waals surface area contributed by atoms with E-state index in [1.807, 2.05) is 96.3 Å². The number of imidazole rings is 2. The third-order valence-electron chi connectivity index (χ3n) is 4.35. The molecular formula is C25H25ClN6OOs-. The van der Waals surface area contributed by atoms with Crippen LogP contribution in [0.15, 0.2) is 97.8 Å².